The van der Waals surface area contributed by atoms with Crippen LogP contribution in [-0.2, 0) is 0 Å². The Labute approximate surface area is 117 Å². The van der Waals surface area contributed by atoms with Gasteiger partial charge < -0.3 is 9.64 Å². The Morgan fingerprint density at radius 2 is 2.28 bits per heavy atom. The van der Waals surface area contributed by atoms with Crippen molar-refractivity contribution in [1.82, 2.24) is 9.97 Å². The molecule has 0 N–H and O–H groups in total. The zero-order valence-electron chi connectivity index (χ0n) is 10.8. The average molecular weight is 314 g/mol. The molecule has 0 unspecified atom stereocenters. The first-order chi connectivity index (χ1) is 8.85. The maximum absolute atomic E-state index is 5.54. The monoisotopic (exact) mass is 313 g/mol. The summed E-state index contributed by atoms with van der Waals surface area (Å²) in [7, 11) is 0. The molecule has 18 heavy (non-hydrogen) atoms. The van der Waals surface area contributed by atoms with Crippen LogP contribution >= 0.6 is 15.9 Å². The second kappa shape index (κ2) is 6.92. The van der Waals surface area contributed by atoms with Crippen LogP contribution < -0.4 is 9.64 Å². The van der Waals surface area contributed by atoms with Crippen molar-refractivity contribution in [3.05, 3.63) is 12.4 Å². The summed E-state index contributed by atoms with van der Waals surface area (Å²) in [6, 6.07) is 0.623. The second-order valence-corrected chi connectivity index (χ2v) is 5.32. The molecule has 1 fully saturated rings. The average Bonchev–Trinajstić information content (AvgIpc) is 2.34. The molecular formula is C13H20BrN3O. The van der Waals surface area contributed by atoms with E-state index < -0.39 is 0 Å². The molecule has 100 valence electrons. The highest BCUT2D eigenvalue weighted by molar-refractivity contribution is 9.09. The van der Waals surface area contributed by atoms with Crippen LogP contribution in [0, 0.1) is 0 Å². The lowest BCUT2D eigenvalue weighted by Crippen LogP contribution is -2.42. The molecule has 0 atom stereocenters. The Balaban J connectivity index is 2.08. The van der Waals surface area contributed by atoms with Crippen molar-refractivity contribution >= 4 is 21.7 Å². The fourth-order valence-electron chi connectivity index (χ4n) is 2.03. The van der Waals surface area contributed by atoms with Crippen LogP contribution in [0.5, 0.6) is 5.88 Å². The maximum Gasteiger partial charge on any atom is 0.234 e. The van der Waals surface area contributed by atoms with Gasteiger partial charge in [0.2, 0.25) is 5.88 Å². The third-order valence-corrected chi connectivity index (χ3v) is 3.54. The molecule has 0 aromatic carbocycles. The van der Waals surface area contributed by atoms with E-state index in [-0.39, 0.29) is 0 Å². The third kappa shape index (κ3) is 3.34. The number of anilines is 1. The predicted molar refractivity (Wildman–Crippen MR) is 76.6 cm³/mol. The van der Waals surface area contributed by atoms with Gasteiger partial charge in [-0.2, -0.15) is 4.98 Å². The molecule has 0 radical (unpaired) electrons. The van der Waals surface area contributed by atoms with Gasteiger partial charge >= 0.3 is 0 Å². The normalized spacial score (nSPS) is 15.2. The lowest BCUT2D eigenvalue weighted by atomic mass is 9.91. The molecule has 0 bridgehead atoms. The SMILES string of the molecule is CCCOc1cncc(N(CCBr)C2CCC2)n1. The summed E-state index contributed by atoms with van der Waals surface area (Å²) >= 11 is 3.51. The van der Waals surface area contributed by atoms with Crippen LogP contribution in [0.1, 0.15) is 32.6 Å². The smallest absolute Gasteiger partial charge is 0.234 e. The minimum atomic E-state index is 0.623. The lowest BCUT2D eigenvalue weighted by molar-refractivity contribution is 0.303. The van der Waals surface area contributed by atoms with Crippen molar-refractivity contribution in [2.24, 2.45) is 0 Å². The van der Waals surface area contributed by atoms with E-state index in [1.807, 2.05) is 6.20 Å². The third-order valence-electron chi connectivity index (χ3n) is 3.19. The van der Waals surface area contributed by atoms with Crippen molar-refractivity contribution in [2.45, 2.75) is 38.6 Å². The number of nitrogens with zero attached hydrogens (tertiary/aromatic N) is 3. The molecule has 0 aliphatic heterocycles. The number of halogens is 1. The van der Waals surface area contributed by atoms with Crippen LogP contribution in [0.15, 0.2) is 12.4 Å². The highest BCUT2D eigenvalue weighted by Gasteiger charge is 2.25. The molecule has 1 aliphatic rings. The molecule has 1 aromatic rings. The van der Waals surface area contributed by atoms with Gasteiger partial charge in [-0.05, 0) is 25.7 Å². The zero-order valence-corrected chi connectivity index (χ0v) is 12.4. The Bertz CT molecular complexity index is 371. The number of alkyl halides is 1. The second-order valence-electron chi connectivity index (χ2n) is 4.53. The largest absolute Gasteiger partial charge is 0.477 e. The Kier molecular flexibility index (Phi) is 5.23. The van der Waals surface area contributed by atoms with Crippen molar-refractivity contribution in [2.75, 3.05) is 23.4 Å². The van der Waals surface area contributed by atoms with Crippen LogP contribution in [0.25, 0.3) is 0 Å². The van der Waals surface area contributed by atoms with Gasteiger partial charge in [-0.1, -0.05) is 22.9 Å². The zero-order chi connectivity index (χ0) is 12.8. The van der Waals surface area contributed by atoms with Gasteiger partial charge in [0.05, 0.1) is 19.0 Å². The van der Waals surface area contributed by atoms with E-state index in [0.717, 1.165) is 24.1 Å². The summed E-state index contributed by atoms with van der Waals surface area (Å²) in [5, 5.41) is 0.950. The summed E-state index contributed by atoms with van der Waals surface area (Å²) in [5.74, 6) is 1.57. The number of ether oxygens (including phenoxy) is 1. The van der Waals surface area contributed by atoms with E-state index in [9.17, 15) is 0 Å². The van der Waals surface area contributed by atoms with Gasteiger partial charge in [0.15, 0.2) is 5.82 Å². The van der Waals surface area contributed by atoms with Crippen molar-refractivity contribution in [1.29, 1.82) is 0 Å². The molecule has 1 aliphatic carbocycles. The van der Waals surface area contributed by atoms with Crippen molar-refractivity contribution in [3.63, 3.8) is 0 Å². The molecular weight excluding hydrogens is 294 g/mol. The fourth-order valence-corrected chi connectivity index (χ4v) is 2.41. The standard InChI is InChI=1S/C13H20BrN3O/c1-2-8-18-13-10-15-9-12(16-13)17(7-6-14)11-4-3-5-11/h9-11H,2-8H2,1H3. The first-order valence-corrected chi connectivity index (χ1v) is 7.74. The molecule has 0 amide bonds. The molecule has 0 spiro atoms. The van der Waals surface area contributed by atoms with E-state index in [0.29, 0.717) is 18.5 Å². The highest BCUT2D eigenvalue weighted by atomic mass is 79.9. The first kappa shape index (κ1) is 13.6. The van der Waals surface area contributed by atoms with Crippen LogP contribution in [-0.4, -0.2) is 34.5 Å². The topological polar surface area (TPSA) is 38.2 Å². The minimum absolute atomic E-state index is 0.623. The lowest BCUT2D eigenvalue weighted by Gasteiger charge is -2.38. The molecule has 4 nitrogen and oxygen atoms in total. The molecule has 1 saturated carbocycles. The molecule has 1 heterocycles. The summed E-state index contributed by atoms with van der Waals surface area (Å²) < 4.78 is 5.54. The molecule has 0 saturated heterocycles. The van der Waals surface area contributed by atoms with E-state index >= 15 is 0 Å². The first-order valence-electron chi connectivity index (χ1n) is 6.62. The van der Waals surface area contributed by atoms with Gasteiger partial charge in [0.25, 0.3) is 0 Å². The molecule has 2 rings (SSSR count). The van der Waals surface area contributed by atoms with Crippen molar-refractivity contribution < 1.29 is 4.74 Å². The number of hydrogen-bond acceptors (Lipinski definition) is 4. The predicted octanol–water partition coefficient (Wildman–Crippen LogP) is 3.02. The number of hydrogen-bond donors (Lipinski definition) is 0. The van der Waals surface area contributed by atoms with Gasteiger partial charge in [0, 0.05) is 17.9 Å². The number of rotatable bonds is 7. The van der Waals surface area contributed by atoms with E-state index in [1.54, 1.807) is 6.20 Å². The Hall–Kier alpha value is -0.840. The van der Waals surface area contributed by atoms with Gasteiger partial charge in [-0.15, -0.1) is 0 Å². The molecule has 1 aromatic heterocycles. The Morgan fingerprint density at radius 3 is 2.89 bits per heavy atom. The fraction of sp³-hybridized carbons (Fsp3) is 0.692. The van der Waals surface area contributed by atoms with E-state index in [4.69, 9.17) is 4.74 Å². The summed E-state index contributed by atoms with van der Waals surface area (Å²) in [4.78, 5) is 11.1. The van der Waals surface area contributed by atoms with Gasteiger partial charge in [-0.25, -0.2) is 0 Å². The van der Waals surface area contributed by atoms with Crippen LogP contribution in [0.2, 0.25) is 0 Å². The van der Waals surface area contributed by atoms with Crippen LogP contribution in [0.3, 0.4) is 0 Å². The van der Waals surface area contributed by atoms with Gasteiger partial charge in [-0.3, -0.25) is 4.98 Å². The summed E-state index contributed by atoms with van der Waals surface area (Å²) in [5.41, 5.74) is 0. The van der Waals surface area contributed by atoms with E-state index in [2.05, 4.69) is 37.7 Å². The minimum Gasteiger partial charge on any atom is -0.477 e. The van der Waals surface area contributed by atoms with E-state index in [1.165, 1.54) is 19.3 Å². The molecule has 5 heteroatoms. The quantitative estimate of drug-likeness (QED) is 0.725. The summed E-state index contributed by atoms with van der Waals surface area (Å²) in [6.07, 6.45) is 8.35. The van der Waals surface area contributed by atoms with Crippen LogP contribution in [0.4, 0.5) is 5.82 Å². The Morgan fingerprint density at radius 1 is 1.44 bits per heavy atom. The maximum atomic E-state index is 5.54. The van der Waals surface area contributed by atoms with Gasteiger partial charge in [0.1, 0.15) is 0 Å². The van der Waals surface area contributed by atoms with Crippen molar-refractivity contribution in [3.8, 4) is 5.88 Å². The number of aromatic nitrogens is 2. The summed E-state index contributed by atoms with van der Waals surface area (Å²) in [6.45, 7) is 3.75. The highest BCUT2D eigenvalue weighted by Crippen LogP contribution is 2.28.